The lowest BCUT2D eigenvalue weighted by Crippen LogP contribution is -2.55. The molecule has 1 N–H and O–H groups in total. The van der Waals surface area contributed by atoms with Gasteiger partial charge in [-0.05, 0) is 25.2 Å². The van der Waals surface area contributed by atoms with Gasteiger partial charge in [-0.3, -0.25) is 0 Å². The van der Waals surface area contributed by atoms with Gasteiger partial charge in [-0.15, -0.1) is 0 Å². The molecule has 2 amide bonds. The van der Waals surface area contributed by atoms with Crippen LogP contribution in [0.5, 0.6) is 0 Å². The summed E-state index contributed by atoms with van der Waals surface area (Å²) in [6, 6.07) is 1.13. The van der Waals surface area contributed by atoms with Gasteiger partial charge in [0.25, 0.3) is 0 Å². The zero-order valence-corrected chi connectivity index (χ0v) is 8.42. The molecule has 0 aromatic carbocycles. The molecule has 3 unspecified atom stereocenters. The Morgan fingerprint density at radius 1 is 1.62 bits per heavy atom. The van der Waals surface area contributed by atoms with Gasteiger partial charge < -0.3 is 10.2 Å². The third-order valence-electron chi connectivity index (χ3n) is 3.29. The second-order valence-electron chi connectivity index (χ2n) is 4.31. The Morgan fingerprint density at radius 2 is 2.31 bits per heavy atom. The molecule has 3 atom stereocenters. The Balaban J connectivity index is 1.77. The first kappa shape index (κ1) is 8.85. The maximum Gasteiger partial charge on any atom is 0.317 e. The topological polar surface area (TPSA) is 32.3 Å². The fourth-order valence-electron chi connectivity index (χ4n) is 1.90. The van der Waals surface area contributed by atoms with Crippen LogP contribution in [0.15, 0.2) is 0 Å². The molecule has 0 spiro atoms. The Kier molecular flexibility index (Phi) is 2.18. The highest BCUT2D eigenvalue weighted by Crippen LogP contribution is 2.30. The molecule has 1 aliphatic heterocycles. The standard InChI is InChI=1S/C10H18N2O/c1-3-8-4-5-12(8)10(13)11-9-6-7(9)2/h7-9H,3-6H2,1-2H3,(H,11,13). The fraction of sp³-hybridized carbons (Fsp3) is 0.900. The van der Waals surface area contributed by atoms with E-state index in [9.17, 15) is 4.79 Å². The smallest absolute Gasteiger partial charge is 0.317 e. The summed E-state index contributed by atoms with van der Waals surface area (Å²) in [7, 11) is 0. The summed E-state index contributed by atoms with van der Waals surface area (Å²) in [5, 5.41) is 3.06. The molecule has 2 fully saturated rings. The monoisotopic (exact) mass is 182 g/mol. The molecule has 13 heavy (non-hydrogen) atoms. The summed E-state index contributed by atoms with van der Waals surface area (Å²) < 4.78 is 0. The Morgan fingerprint density at radius 3 is 2.69 bits per heavy atom. The molecule has 74 valence electrons. The van der Waals surface area contributed by atoms with E-state index in [1.54, 1.807) is 0 Å². The number of hydrogen-bond acceptors (Lipinski definition) is 1. The van der Waals surface area contributed by atoms with Crippen LogP contribution in [0.2, 0.25) is 0 Å². The van der Waals surface area contributed by atoms with Crippen molar-refractivity contribution in [2.24, 2.45) is 5.92 Å². The van der Waals surface area contributed by atoms with Crippen molar-refractivity contribution in [2.75, 3.05) is 6.54 Å². The van der Waals surface area contributed by atoms with Crippen molar-refractivity contribution in [1.82, 2.24) is 10.2 Å². The highest BCUT2D eigenvalue weighted by molar-refractivity contribution is 5.76. The summed E-state index contributed by atoms with van der Waals surface area (Å²) >= 11 is 0. The van der Waals surface area contributed by atoms with Gasteiger partial charge in [0.15, 0.2) is 0 Å². The van der Waals surface area contributed by atoms with Gasteiger partial charge in [0.1, 0.15) is 0 Å². The van der Waals surface area contributed by atoms with Crippen molar-refractivity contribution >= 4 is 6.03 Å². The molecule has 3 heteroatoms. The van der Waals surface area contributed by atoms with Crippen LogP contribution in [0.1, 0.15) is 33.1 Å². The number of carbonyl (C=O) groups is 1. The molecule has 2 aliphatic rings. The van der Waals surface area contributed by atoms with Crippen LogP contribution in [0.25, 0.3) is 0 Å². The largest absolute Gasteiger partial charge is 0.335 e. The zero-order chi connectivity index (χ0) is 9.42. The second-order valence-corrected chi connectivity index (χ2v) is 4.31. The Labute approximate surface area is 79.5 Å². The maximum absolute atomic E-state index is 11.6. The second kappa shape index (κ2) is 3.20. The summed E-state index contributed by atoms with van der Waals surface area (Å²) in [5.41, 5.74) is 0. The van der Waals surface area contributed by atoms with E-state index in [-0.39, 0.29) is 6.03 Å². The van der Waals surface area contributed by atoms with Gasteiger partial charge >= 0.3 is 6.03 Å². The number of amides is 2. The molecule has 0 aromatic rings. The van der Waals surface area contributed by atoms with Crippen LogP contribution < -0.4 is 5.32 Å². The minimum absolute atomic E-state index is 0.160. The number of carbonyl (C=O) groups excluding carboxylic acids is 1. The Bertz CT molecular complexity index is 215. The van der Waals surface area contributed by atoms with Gasteiger partial charge in [0.2, 0.25) is 0 Å². The van der Waals surface area contributed by atoms with Crippen molar-refractivity contribution in [3.8, 4) is 0 Å². The molecule has 1 heterocycles. The van der Waals surface area contributed by atoms with Crippen molar-refractivity contribution in [3.63, 3.8) is 0 Å². The lowest BCUT2D eigenvalue weighted by atomic mass is 10.0. The molecule has 3 nitrogen and oxygen atoms in total. The van der Waals surface area contributed by atoms with Crippen LogP contribution in [0.4, 0.5) is 4.79 Å². The van der Waals surface area contributed by atoms with Crippen molar-refractivity contribution in [1.29, 1.82) is 0 Å². The van der Waals surface area contributed by atoms with E-state index in [4.69, 9.17) is 0 Å². The van der Waals surface area contributed by atoms with E-state index in [0.29, 0.717) is 18.0 Å². The average Bonchev–Trinajstić information content (AvgIpc) is 2.64. The molecule has 1 aliphatic carbocycles. The minimum atomic E-state index is 0.160. The first-order valence-corrected chi connectivity index (χ1v) is 5.29. The quantitative estimate of drug-likeness (QED) is 0.691. The summed E-state index contributed by atoms with van der Waals surface area (Å²) in [6.07, 6.45) is 3.44. The number of likely N-dealkylation sites (tertiary alicyclic amines) is 1. The number of rotatable bonds is 2. The van der Waals surface area contributed by atoms with E-state index >= 15 is 0 Å². The third kappa shape index (κ3) is 1.64. The van der Waals surface area contributed by atoms with Crippen molar-refractivity contribution < 1.29 is 4.79 Å². The average molecular weight is 182 g/mol. The number of hydrogen-bond donors (Lipinski definition) is 1. The predicted octanol–water partition coefficient (Wildman–Crippen LogP) is 1.59. The SMILES string of the molecule is CCC1CCN1C(=O)NC1CC1C. The van der Waals surface area contributed by atoms with Gasteiger partial charge in [0, 0.05) is 18.6 Å². The minimum Gasteiger partial charge on any atom is -0.335 e. The van der Waals surface area contributed by atoms with Crippen LogP contribution >= 0.6 is 0 Å². The maximum atomic E-state index is 11.6. The normalized spacial score (nSPS) is 36.8. The Hall–Kier alpha value is -0.730. The lowest BCUT2D eigenvalue weighted by molar-refractivity contribution is 0.112. The molecular weight excluding hydrogens is 164 g/mol. The van der Waals surface area contributed by atoms with Crippen LogP contribution in [0.3, 0.4) is 0 Å². The van der Waals surface area contributed by atoms with E-state index in [1.807, 2.05) is 4.90 Å². The lowest BCUT2D eigenvalue weighted by Gasteiger charge is -2.40. The van der Waals surface area contributed by atoms with Gasteiger partial charge in [-0.1, -0.05) is 13.8 Å². The molecule has 0 radical (unpaired) electrons. The predicted molar refractivity (Wildman–Crippen MR) is 51.5 cm³/mol. The van der Waals surface area contributed by atoms with Crippen molar-refractivity contribution in [2.45, 2.75) is 45.2 Å². The molecule has 1 saturated carbocycles. The van der Waals surface area contributed by atoms with Gasteiger partial charge in [0.05, 0.1) is 0 Å². The third-order valence-corrected chi connectivity index (χ3v) is 3.29. The highest BCUT2D eigenvalue weighted by Gasteiger charge is 2.37. The van der Waals surface area contributed by atoms with Gasteiger partial charge in [-0.25, -0.2) is 4.79 Å². The number of nitrogens with zero attached hydrogens (tertiary/aromatic N) is 1. The highest BCUT2D eigenvalue weighted by atomic mass is 16.2. The van der Waals surface area contributed by atoms with E-state index in [2.05, 4.69) is 19.2 Å². The molecular formula is C10H18N2O. The fourth-order valence-corrected chi connectivity index (χ4v) is 1.90. The van der Waals surface area contributed by atoms with Crippen molar-refractivity contribution in [3.05, 3.63) is 0 Å². The van der Waals surface area contributed by atoms with Gasteiger partial charge in [-0.2, -0.15) is 0 Å². The first-order valence-electron chi connectivity index (χ1n) is 5.29. The molecule has 0 bridgehead atoms. The number of nitrogens with one attached hydrogen (secondary N) is 1. The number of urea groups is 1. The van der Waals surface area contributed by atoms with E-state index < -0.39 is 0 Å². The van der Waals surface area contributed by atoms with Crippen LogP contribution in [-0.4, -0.2) is 29.6 Å². The molecule has 2 rings (SSSR count). The first-order chi connectivity index (χ1) is 6.22. The van der Waals surface area contributed by atoms with Crippen LogP contribution in [0, 0.1) is 5.92 Å². The summed E-state index contributed by atoms with van der Waals surface area (Å²) in [5.74, 6) is 0.699. The summed E-state index contributed by atoms with van der Waals surface area (Å²) in [6.45, 7) is 5.27. The zero-order valence-electron chi connectivity index (χ0n) is 8.42. The van der Waals surface area contributed by atoms with Crippen LogP contribution in [-0.2, 0) is 0 Å². The molecule has 1 saturated heterocycles. The molecule has 0 aromatic heterocycles. The van der Waals surface area contributed by atoms with E-state index in [1.165, 1.54) is 6.42 Å². The summed E-state index contributed by atoms with van der Waals surface area (Å²) in [4.78, 5) is 13.6. The van der Waals surface area contributed by atoms with E-state index in [0.717, 1.165) is 19.4 Å².